The Morgan fingerprint density at radius 3 is 2.46 bits per heavy atom. The van der Waals surface area contributed by atoms with Crippen molar-refractivity contribution in [1.82, 2.24) is 14.1 Å². The third kappa shape index (κ3) is 5.67. The summed E-state index contributed by atoms with van der Waals surface area (Å²) in [6.07, 6.45) is 2.85. The number of nitrogens with zero attached hydrogens (tertiary/aromatic N) is 4. The minimum atomic E-state index is -0.772. The van der Waals surface area contributed by atoms with E-state index in [0.717, 1.165) is 55.5 Å². The molecule has 2 aromatic carbocycles. The molecular weight excluding hydrogens is 494 g/mol. The Balaban J connectivity index is 1.49. The number of anilines is 1. The van der Waals surface area contributed by atoms with Crippen LogP contribution in [0.1, 0.15) is 44.2 Å². The maximum absolute atomic E-state index is 14.0. The fourth-order valence-electron chi connectivity index (χ4n) is 5.25. The molecule has 1 aliphatic heterocycles. The number of aromatic nitrogens is 2. The fraction of sp³-hybridized carbons (Fsp3) is 0.429. The number of benzene rings is 2. The van der Waals surface area contributed by atoms with Gasteiger partial charge in [-0.1, -0.05) is 57.0 Å². The molecule has 2 aliphatic rings. The summed E-state index contributed by atoms with van der Waals surface area (Å²) in [7, 11) is 0. The zero-order valence-corrected chi connectivity index (χ0v) is 22.2. The molecule has 0 radical (unpaired) electrons. The van der Waals surface area contributed by atoms with Crippen molar-refractivity contribution in [2.75, 3.05) is 31.1 Å². The van der Waals surface area contributed by atoms with Crippen molar-refractivity contribution < 1.29 is 13.5 Å². The van der Waals surface area contributed by atoms with E-state index in [1.54, 1.807) is 6.20 Å². The highest BCUT2D eigenvalue weighted by Crippen LogP contribution is 2.35. The molecule has 0 bridgehead atoms. The summed E-state index contributed by atoms with van der Waals surface area (Å²) < 4.78 is 37.8. The molecule has 196 valence electrons. The van der Waals surface area contributed by atoms with E-state index in [1.165, 1.54) is 11.1 Å². The average Bonchev–Trinajstić information content (AvgIpc) is 2.85. The standard InChI is InChI=1S/C28H32F2N4O2S/c1-18(2)37-33-10-8-32(9-11-33)26-17-31-34(23-15-21(29)14-22(30)16-23)28(35)27(26)36-24-12-19(3)25-7-5-4-6-20(25)13-24/h4-7,14-19,24H,8-13H2,1-3H3. The SMILES string of the molecule is CC(C)SN1CCN(c2cnn(-c3cc(F)cc(F)c3)c(=O)c2OC2Cc3ccccc3C(C)C2)CC1. The lowest BCUT2D eigenvalue weighted by Gasteiger charge is -2.37. The van der Waals surface area contributed by atoms with Crippen LogP contribution in [-0.2, 0) is 6.42 Å². The number of hydrogen-bond donors (Lipinski definition) is 0. The quantitative estimate of drug-likeness (QED) is 0.412. The molecule has 9 heteroatoms. The first-order valence-corrected chi connectivity index (χ1v) is 13.6. The van der Waals surface area contributed by atoms with Crippen LogP contribution in [0, 0.1) is 11.6 Å². The minimum Gasteiger partial charge on any atom is -0.483 e. The Hall–Kier alpha value is -2.91. The van der Waals surface area contributed by atoms with Crippen LogP contribution in [0.15, 0.2) is 53.5 Å². The molecule has 6 nitrogen and oxygen atoms in total. The third-order valence-corrected chi connectivity index (χ3v) is 7.97. The number of fused-ring (bicyclic) bond motifs is 1. The van der Waals surface area contributed by atoms with Gasteiger partial charge in [0, 0.05) is 43.9 Å². The second kappa shape index (κ2) is 10.8. The van der Waals surface area contributed by atoms with E-state index >= 15 is 0 Å². The highest BCUT2D eigenvalue weighted by Gasteiger charge is 2.29. The van der Waals surface area contributed by atoms with Crippen molar-refractivity contribution in [1.29, 1.82) is 0 Å². The van der Waals surface area contributed by atoms with Crippen LogP contribution in [-0.4, -0.2) is 51.6 Å². The highest BCUT2D eigenvalue weighted by atomic mass is 32.2. The summed E-state index contributed by atoms with van der Waals surface area (Å²) in [6.45, 7) is 9.64. The van der Waals surface area contributed by atoms with Crippen molar-refractivity contribution in [3.63, 3.8) is 0 Å². The van der Waals surface area contributed by atoms with Gasteiger partial charge < -0.3 is 9.64 Å². The molecule has 1 aliphatic carbocycles. The summed E-state index contributed by atoms with van der Waals surface area (Å²) in [5, 5.41) is 4.81. The van der Waals surface area contributed by atoms with Crippen LogP contribution in [0.3, 0.4) is 0 Å². The molecule has 0 saturated carbocycles. The smallest absolute Gasteiger partial charge is 0.316 e. The van der Waals surface area contributed by atoms with Gasteiger partial charge in [-0.05, 0) is 35.6 Å². The molecule has 1 saturated heterocycles. The second-order valence-electron chi connectivity index (χ2n) is 10.1. The molecule has 2 unspecified atom stereocenters. The highest BCUT2D eigenvalue weighted by molar-refractivity contribution is 7.97. The molecule has 5 rings (SSSR count). The van der Waals surface area contributed by atoms with E-state index in [0.29, 0.717) is 17.4 Å². The Morgan fingerprint density at radius 2 is 1.76 bits per heavy atom. The first-order chi connectivity index (χ1) is 17.8. The number of ether oxygens (including phenoxy) is 1. The van der Waals surface area contributed by atoms with Crippen LogP contribution >= 0.6 is 11.9 Å². The van der Waals surface area contributed by atoms with Gasteiger partial charge in [-0.3, -0.25) is 4.79 Å². The minimum absolute atomic E-state index is 0.0272. The summed E-state index contributed by atoms with van der Waals surface area (Å²) in [5.41, 5.74) is 2.66. The second-order valence-corrected chi connectivity index (χ2v) is 11.7. The lowest BCUT2D eigenvalue weighted by atomic mass is 9.82. The molecule has 3 aromatic rings. The van der Waals surface area contributed by atoms with Crippen molar-refractivity contribution in [2.24, 2.45) is 0 Å². The number of halogens is 2. The van der Waals surface area contributed by atoms with Gasteiger partial charge in [0.25, 0.3) is 0 Å². The number of rotatable bonds is 6. The van der Waals surface area contributed by atoms with Gasteiger partial charge in [0.15, 0.2) is 0 Å². The summed E-state index contributed by atoms with van der Waals surface area (Å²) in [4.78, 5) is 15.9. The molecule has 0 amide bonds. The van der Waals surface area contributed by atoms with Crippen molar-refractivity contribution in [3.05, 3.63) is 81.8 Å². The van der Waals surface area contributed by atoms with E-state index < -0.39 is 17.2 Å². The lowest BCUT2D eigenvalue weighted by molar-refractivity contribution is 0.171. The van der Waals surface area contributed by atoms with Crippen molar-refractivity contribution in [3.8, 4) is 11.4 Å². The molecular formula is C28H32F2N4O2S. The fourth-order valence-corrected chi connectivity index (χ4v) is 6.22. The zero-order valence-electron chi connectivity index (χ0n) is 21.4. The zero-order chi connectivity index (χ0) is 26.1. The lowest BCUT2D eigenvalue weighted by Crippen LogP contribution is -2.45. The molecule has 37 heavy (non-hydrogen) atoms. The van der Waals surface area contributed by atoms with Gasteiger partial charge in [-0.2, -0.15) is 9.78 Å². The molecule has 1 aromatic heterocycles. The van der Waals surface area contributed by atoms with E-state index in [4.69, 9.17) is 4.74 Å². The largest absolute Gasteiger partial charge is 0.483 e. The molecule has 2 atom stereocenters. The molecule has 2 heterocycles. The van der Waals surface area contributed by atoms with Crippen molar-refractivity contribution in [2.45, 2.75) is 50.9 Å². The van der Waals surface area contributed by atoms with Gasteiger partial charge in [0.2, 0.25) is 5.75 Å². The van der Waals surface area contributed by atoms with Gasteiger partial charge >= 0.3 is 5.56 Å². The maximum atomic E-state index is 14.0. The first kappa shape index (κ1) is 25.7. The van der Waals surface area contributed by atoms with Crippen LogP contribution < -0.4 is 15.2 Å². The van der Waals surface area contributed by atoms with E-state index in [9.17, 15) is 13.6 Å². The normalized spacial score (nSPS) is 20.2. The van der Waals surface area contributed by atoms with Gasteiger partial charge in [0.05, 0.1) is 11.9 Å². The topological polar surface area (TPSA) is 50.6 Å². The first-order valence-electron chi connectivity index (χ1n) is 12.8. The van der Waals surface area contributed by atoms with Gasteiger partial charge in [-0.25, -0.2) is 13.1 Å². The Labute approximate surface area is 220 Å². The van der Waals surface area contributed by atoms with Crippen molar-refractivity contribution >= 4 is 17.6 Å². The van der Waals surface area contributed by atoms with Gasteiger partial charge in [0.1, 0.15) is 23.4 Å². The maximum Gasteiger partial charge on any atom is 0.316 e. The monoisotopic (exact) mass is 526 g/mol. The molecule has 0 N–H and O–H groups in total. The third-order valence-electron chi connectivity index (χ3n) is 6.88. The van der Waals surface area contributed by atoms with Crippen LogP contribution in [0.5, 0.6) is 5.75 Å². The molecule has 0 spiro atoms. The summed E-state index contributed by atoms with van der Waals surface area (Å²) >= 11 is 1.83. The average molecular weight is 527 g/mol. The summed E-state index contributed by atoms with van der Waals surface area (Å²) in [6, 6.07) is 11.3. The number of piperazine rings is 1. The van der Waals surface area contributed by atoms with E-state index in [1.807, 2.05) is 24.1 Å². The number of hydrogen-bond acceptors (Lipinski definition) is 6. The Kier molecular flexibility index (Phi) is 7.53. The summed E-state index contributed by atoms with van der Waals surface area (Å²) in [5.74, 6) is -1.07. The molecule has 1 fully saturated rings. The van der Waals surface area contributed by atoms with Crippen LogP contribution in [0.2, 0.25) is 0 Å². The predicted octanol–water partition coefficient (Wildman–Crippen LogP) is 5.19. The van der Waals surface area contributed by atoms with E-state index in [2.05, 4.69) is 47.2 Å². The Morgan fingerprint density at radius 1 is 1.05 bits per heavy atom. The Bertz CT molecular complexity index is 1300. The predicted molar refractivity (Wildman–Crippen MR) is 144 cm³/mol. The van der Waals surface area contributed by atoms with E-state index in [-0.39, 0.29) is 23.5 Å². The van der Waals surface area contributed by atoms with Crippen LogP contribution in [0.4, 0.5) is 14.5 Å². The van der Waals surface area contributed by atoms with Gasteiger partial charge in [-0.15, -0.1) is 0 Å². The van der Waals surface area contributed by atoms with Crippen LogP contribution in [0.25, 0.3) is 5.69 Å².